The molecule has 1 aliphatic rings. The smallest absolute Gasteiger partial charge is 0.322 e. The van der Waals surface area contributed by atoms with E-state index in [2.05, 4.69) is 15.2 Å². The molecule has 0 aliphatic carbocycles. The third kappa shape index (κ3) is 6.40. The van der Waals surface area contributed by atoms with Crippen LogP contribution in [0.25, 0.3) is 11.3 Å². The van der Waals surface area contributed by atoms with Crippen LogP contribution in [0.15, 0.2) is 118 Å². The summed E-state index contributed by atoms with van der Waals surface area (Å²) in [7, 11) is -3.62. The van der Waals surface area contributed by atoms with Gasteiger partial charge in [-0.15, -0.1) is 11.3 Å². The van der Waals surface area contributed by atoms with Gasteiger partial charge >= 0.3 is 6.03 Å². The Balaban J connectivity index is 1.09. The number of aromatic nitrogens is 1. The Morgan fingerprint density at radius 3 is 1.86 bits per heavy atom. The quantitative estimate of drug-likeness (QED) is 0.213. The molecule has 0 saturated carbocycles. The summed E-state index contributed by atoms with van der Waals surface area (Å²) in [5, 5.41) is 5.12. The minimum atomic E-state index is -3.62. The number of hydrogen-bond acceptors (Lipinski definition) is 6. The number of halogens is 2. The lowest BCUT2D eigenvalue weighted by molar-refractivity contribution is 0.126. The van der Waals surface area contributed by atoms with Crippen molar-refractivity contribution in [3.63, 3.8) is 0 Å². The zero-order valence-electron chi connectivity index (χ0n) is 23.4. The van der Waals surface area contributed by atoms with Crippen LogP contribution in [0.3, 0.4) is 0 Å². The number of hydrogen-bond donors (Lipinski definition) is 1. The molecule has 1 N–H and O–H groups in total. The second-order valence-corrected chi connectivity index (χ2v) is 13.1. The van der Waals surface area contributed by atoms with E-state index in [4.69, 9.17) is 0 Å². The second-order valence-electron chi connectivity index (χ2n) is 10.3. The summed E-state index contributed by atoms with van der Waals surface area (Å²) in [4.78, 5) is 22.0. The number of carbonyl (C=O) groups excluding carboxylic acids is 1. The van der Waals surface area contributed by atoms with E-state index < -0.39 is 9.84 Å². The summed E-state index contributed by atoms with van der Waals surface area (Å²) in [5.74, 6) is -0.655. The molecule has 11 heteroatoms. The molecule has 1 aliphatic heterocycles. The fraction of sp³-hybridized carbons (Fsp3) is 0.152. The summed E-state index contributed by atoms with van der Waals surface area (Å²) < 4.78 is 53.1. The van der Waals surface area contributed by atoms with Gasteiger partial charge in [-0.25, -0.2) is 27.0 Å². The van der Waals surface area contributed by atoms with E-state index in [0.29, 0.717) is 37.0 Å². The van der Waals surface area contributed by atoms with E-state index in [-0.39, 0.29) is 33.5 Å². The molecule has 44 heavy (non-hydrogen) atoms. The largest absolute Gasteiger partial charge is 0.323 e. The van der Waals surface area contributed by atoms with Gasteiger partial charge in [-0.1, -0.05) is 54.6 Å². The van der Waals surface area contributed by atoms with Gasteiger partial charge in [-0.3, -0.25) is 10.2 Å². The van der Waals surface area contributed by atoms with Crippen LogP contribution in [0.5, 0.6) is 0 Å². The predicted molar refractivity (Wildman–Crippen MR) is 166 cm³/mol. The number of thiazole rings is 1. The SMILES string of the molecule is O=C(Nc1nc(-c2ccc(S(=O)(=O)c3ccccc3)cc2)cs1)N1CCN(C(c2ccc(F)cc2)c2ccc(F)cc2)CC1. The van der Waals surface area contributed by atoms with Crippen LogP contribution in [-0.2, 0) is 9.84 Å². The molecule has 0 radical (unpaired) electrons. The Morgan fingerprint density at radius 1 is 0.750 bits per heavy atom. The molecular formula is C33H28F2N4O3S2. The van der Waals surface area contributed by atoms with Crippen molar-refractivity contribution in [2.45, 2.75) is 15.8 Å². The van der Waals surface area contributed by atoms with Crippen molar-refractivity contribution < 1.29 is 22.0 Å². The van der Waals surface area contributed by atoms with Crippen molar-refractivity contribution >= 4 is 32.3 Å². The molecule has 0 spiro atoms. The normalized spacial score (nSPS) is 14.1. The molecule has 1 aromatic heterocycles. The van der Waals surface area contributed by atoms with Gasteiger partial charge in [0.1, 0.15) is 11.6 Å². The monoisotopic (exact) mass is 630 g/mol. The van der Waals surface area contributed by atoms with Crippen LogP contribution < -0.4 is 5.32 Å². The molecule has 4 aromatic carbocycles. The molecule has 0 unspecified atom stereocenters. The summed E-state index contributed by atoms with van der Waals surface area (Å²) in [5.41, 5.74) is 3.13. The second kappa shape index (κ2) is 12.7. The number of piperazine rings is 1. The van der Waals surface area contributed by atoms with Gasteiger partial charge < -0.3 is 4.90 Å². The number of amides is 2. The van der Waals surface area contributed by atoms with Crippen molar-refractivity contribution in [2.24, 2.45) is 0 Å². The Morgan fingerprint density at radius 2 is 1.30 bits per heavy atom. The first-order valence-electron chi connectivity index (χ1n) is 13.9. The number of nitrogens with one attached hydrogen (secondary N) is 1. The Hall–Kier alpha value is -4.45. The molecule has 0 atom stereocenters. The lowest BCUT2D eigenvalue weighted by Crippen LogP contribution is -2.51. The topological polar surface area (TPSA) is 82.6 Å². The highest BCUT2D eigenvalue weighted by molar-refractivity contribution is 7.91. The van der Waals surface area contributed by atoms with Crippen molar-refractivity contribution in [1.82, 2.24) is 14.8 Å². The fourth-order valence-electron chi connectivity index (χ4n) is 5.26. The van der Waals surface area contributed by atoms with Crippen molar-refractivity contribution in [3.8, 4) is 11.3 Å². The first-order valence-corrected chi connectivity index (χ1v) is 16.3. The number of rotatable bonds is 7. The molecule has 1 saturated heterocycles. The number of sulfone groups is 1. The van der Waals surface area contributed by atoms with E-state index in [0.717, 1.165) is 16.7 Å². The third-order valence-electron chi connectivity index (χ3n) is 7.57. The zero-order valence-corrected chi connectivity index (χ0v) is 25.1. The van der Waals surface area contributed by atoms with Crippen molar-refractivity contribution in [3.05, 3.63) is 131 Å². The molecule has 1 fully saturated rings. The summed E-state index contributed by atoms with van der Waals surface area (Å²) in [6, 6.07) is 26.9. The highest BCUT2D eigenvalue weighted by atomic mass is 32.2. The van der Waals surface area contributed by atoms with Gasteiger partial charge in [0, 0.05) is 37.1 Å². The van der Waals surface area contributed by atoms with E-state index in [1.54, 1.807) is 83.8 Å². The number of nitrogens with zero attached hydrogens (tertiary/aromatic N) is 3. The van der Waals surface area contributed by atoms with Crippen molar-refractivity contribution in [2.75, 3.05) is 31.5 Å². The maximum Gasteiger partial charge on any atom is 0.323 e. The van der Waals surface area contributed by atoms with Crippen LogP contribution in [0.1, 0.15) is 17.2 Å². The molecule has 0 bridgehead atoms. The standard InChI is InChI=1S/C33H28F2N4O3S2/c34-26-12-6-24(7-13-26)31(25-8-14-27(35)15-9-25)38-18-20-39(21-19-38)33(40)37-32-36-30(22-43-32)23-10-16-29(17-11-23)44(41,42)28-4-2-1-3-5-28/h1-17,22,31H,18-21H2,(H,36,37,40). The van der Waals surface area contributed by atoms with Crippen LogP contribution in [0, 0.1) is 11.6 Å². The highest BCUT2D eigenvalue weighted by Crippen LogP contribution is 2.31. The van der Waals surface area contributed by atoms with Gasteiger partial charge in [0.05, 0.1) is 21.5 Å². The molecule has 224 valence electrons. The van der Waals surface area contributed by atoms with E-state index in [9.17, 15) is 22.0 Å². The van der Waals surface area contributed by atoms with Crippen LogP contribution in [-0.4, -0.2) is 55.4 Å². The van der Waals surface area contributed by atoms with E-state index in [1.165, 1.54) is 35.6 Å². The maximum absolute atomic E-state index is 13.6. The predicted octanol–water partition coefficient (Wildman–Crippen LogP) is 6.86. The Labute approximate surface area is 258 Å². The van der Waals surface area contributed by atoms with Crippen LogP contribution >= 0.6 is 11.3 Å². The minimum absolute atomic E-state index is 0.191. The van der Waals surface area contributed by atoms with Gasteiger partial charge in [0.2, 0.25) is 9.84 Å². The number of benzene rings is 4. The van der Waals surface area contributed by atoms with Gasteiger partial charge in [0.25, 0.3) is 0 Å². The van der Waals surface area contributed by atoms with Gasteiger partial charge in [0.15, 0.2) is 5.13 Å². The summed E-state index contributed by atoms with van der Waals surface area (Å²) >= 11 is 1.29. The van der Waals surface area contributed by atoms with E-state index >= 15 is 0 Å². The first kappa shape index (κ1) is 29.6. The highest BCUT2D eigenvalue weighted by Gasteiger charge is 2.29. The molecular weight excluding hydrogens is 603 g/mol. The lowest BCUT2D eigenvalue weighted by Gasteiger charge is -2.39. The van der Waals surface area contributed by atoms with Crippen LogP contribution in [0.4, 0.5) is 18.7 Å². The Bertz CT molecular complexity index is 1790. The third-order valence-corrected chi connectivity index (χ3v) is 10.1. The lowest BCUT2D eigenvalue weighted by atomic mass is 9.96. The van der Waals surface area contributed by atoms with Crippen molar-refractivity contribution in [1.29, 1.82) is 0 Å². The Kier molecular flexibility index (Phi) is 8.51. The number of anilines is 1. The summed E-state index contributed by atoms with van der Waals surface area (Å²) in [6.07, 6.45) is 0. The van der Waals surface area contributed by atoms with Crippen LogP contribution in [0.2, 0.25) is 0 Å². The molecule has 6 rings (SSSR count). The number of urea groups is 1. The zero-order chi connectivity index (χ0) is 30.7. The average Bonchev–Trinajstić information content (AvgIpc) is 3.52. The number of carbonyl (C=O) groups is 1. The van der Waals surface area contributed by atoms with Gasteiger partial charge in [-0.2, -0.15) is 0 Å². The fourth-order valence-corrected chi connectivity index (χ4v) is 7.25. The molecule has 5 aromatic rings. The maximum atomic E-state index is 13.6. The average molecular weight is 631 g/mol. The molecule has 7 nitrogen and oxygen atoms in total. The molecule has 2 heterocycles. The molecule has 2 amide bonds. The minimum Gasteiger partial charge on any atom is -0.322 e. The first-order chi connectivity index (χ1) is 21.3. The van der Waals surface area contributed by atoms with Gasteiger partial charge in [-0.05, 0) is 59.7 Å². The van der Waals surface area contributed by atoms with E-state index in [1.807, 2.05) is 5.38 Å². The summed E-state index contributed by atoms with van der Waals surface area (Å²) in [6.45, 7) is 2.04.